The summed E-state index contributed by atoms with van der Waals surface area (Å²) < 4.78 is 1.66. The molecule has 0 aromatic carbocycles. The van der Waals surface area contributed by atoms with Crippen LogP contribution in [0.4, 0.5) is 0 Å². The molecule has 23 heavy (non-hydrogen) atoms. The van der Waals surface area contributed by atoms with Gasteiger partial charge in [-0.1, -0.05) is 0 Å². The Bertz CT molecular complexity index is 722. The Balaban J connectivity index is 1.93. The molecule has 2 rings (SSSR count). The average molecular weight is 318 g/mol. The van der Waals surface area contributed by atoms with Crippen LogP contribution in [0.25, 0.3) is 5.78 Å². The van der Waals surface area contributed by atoms with Crippen LogP contribution < -0.4 is 10.6 Å². The van der Waals surface area contributed by atoms with Crippen LogP contribution in [-0.2, 0) is 16.0 Å². The van der Waals surface area contributed by atoms with E-state index in [0.29, 0.717) is 18.6 Å². The number of nitrogens with zero attached hydrogens (tertiary/aromatic N) is 4. The van der Waals surface area contributed by atoms with Gasteiger partial charge in [0.1, 0.15) is 6.33 Å². The maximum Gasteiger partial charge on any atom is 0.252 e. The van der Waals surface area contributed by atoms with Gasteiger partial charge in [-0.2, -0.15) is 10.1 Å². The molecule has 0 radical (unpaired) electrons. The van der Waals surface area contributed by atoms with Crippen LogP contribution in [0.2, 0.25) is 0 Å². The van der Waals surface area contributed by atoms with Crippen LogP contribution in [0.5, 0.6) is 0 Å². The lowest BCUT2D eigenvalue weighted by atomic mass is 10.1. The molecule has 2 heterocycles. The zero-order valence-corrected chi connectivity index (χ0v) is 13.9. The number of fused-ring (bicyclic) bond motifs is 1. The van der Waals surface area contributed by atoms with E-state index in [1.807, 2.05) is 27.7 Å². The third-order valence-electron chi connectivity index (χ3n) is 3.49. The summed E-state index contributed by atoms with van der Waals surface area (Å²) in [4.78, 5) is 31.8. The van der Waals surface area contributed by atoms with Crippen molar-refractivity contribution in [2.24, 2.45) is 0 Å². The summed E-state index contributed by atoms with van der Waals surface area (Å²) in [5, 5.41) is 9.47. The number of aryl methyl sites for hydroxylation is 2. The van der Waals surface area contributed by atoms with Gasteiger partial charge >= 0.3 is 0 Å². The zero-order valence-electron chi connectivity index (χ0n) is 13.9. The van der Waals surface area contributed by atoms with E-state index >= 15 is 0 Å². The van der Waals surface area contributed by atoms with E-state index in [1.165, 1.54) is 6.33 Å². The Hall–Kier alpha value is -2.51. The average Bonchev–Trinajstić information content (AvgIpc) is 2.92. The van der Waals surface area contributed by atoms with Crippen molar-refractivity contribution >= 4 is 17.6 Å². The molecule has 0 spiro atoms. The van der Waals surface area contributed by atoms with Crippen LogP contribution in [-0.4, -0.2) is 44.0 Å². The summed E-state index contributed by atoms with van der Waals surface area (Å²) in [5.41, 5.74) is 2.74. The van der Waals surface area contributed by atoms with Gasteiger partial charge in [-0.3, -0.25) is 9.59 Å². The van der Waals surface area contributed by atoms with E-state index < -0.39 is 0 Å². The first kappa shape index (κ1) is 16.9. The van der Waals surface area contributed by atoms with Crippen molar-refractivity contribution in [3.05, 3.63) is 23.3 Å². The first-order valence-corrected chi connectivity index (χ1v) is 7.60. The predicted octanol–water partition coefficient (Wildman–Crippen LogP) is 0.315. The second-order valence-corrected chi connectivity index (χ2v) is 5.73. The number of rotatable bonds is 6. The molecule has 0 saturated carbocycles. The van der Waals surface area contributed by atoms with Crippen LogP contribution >= 0.6 is 0 Å². The Morgan fingerprint density at radius 2 is 2.00 bits per heavy atom. The minimum Gasteiger partial charge on any atom is -0.352 e. The Labute approximate surface area is 134 Å². The molecule has 0 aliphatic rings. The predicted molar refractivity (Wildman–Crippen MR) is 84.9 cm³/mol. The fourth-order valence-corrected chi connectivity index (χ4v) is 2.40. The maximum absolute atomic E-state index is 11.9. The number of nitrogens with one attached hydrogen (secondary N) is 2. The van der Waals surface area contributed by atoms with E-state index in [0.717, 1.165) is 17.0 Å². The number of hydrogen-bond acceptors (Lipinski definition) is 5. The molecule has 0 fully saturated rings. The van der Waals surface area contributed by atoms with Gasteiger partial charge in [0, 0.05) is 23.9 Å². The highest BCUT2D eigenvalue weighted by atomic mass is 16.2. The molecule has 0 aliphatic heterocycles. The fourth-order valence-electron chi connectivity index (χ4n) is 2.40. The zero-order chi connectivity index (χ0) is 17.0. The second kappa shape index (κ2) is 7.17. The second-order valence-electron chi connectivity index (χ2n) is 5.73. The lowest BCUT2D eigenvalue weighted by molar-refractivity contribution is -0.126. The SMILES string of the molecule is Cc1nc2ncnn2c(C)c1CCC(=O)NCC(=O)NC(C)C. The largest absolute Gasteiger partial charge is 0.352 e. The lowest BCUT2D eigenvalue weighted by Crippen LogP contribution is -2.39. The van der Waals surface area contributed by atoms with Gasteiger partial charge in [-0.25, -0.2) is 9.50 Å². The summed E-state index contributed by atoms with van der Waals surface area (Å²) in [6.07, 6.45) is 2.29. The highest BCUT2D eigenvalue weighted by Crippen LogP contribution is 2.14. The summed E-state index contributed by atoms with van der Waals surface area (Å²) in [7, 11) is 0. The molecule has 0 bridgehead atoms. The quantitative estimate of drug-likeness (QED) is 0.798. The maximum atomic E-state index is 11.9. The van der Waals surface area contributed by atoms with Gasteiger partial charge in [0.15, 0.2) is 0 Å². The number of carbonyl (C=O) groups is 2. The molecule has 124 valence electrons. The van der Waals surface area contributed by atoms with Crippen molar-refractivity contribution in [2.75, 3.05) is 6.54 Å². The molecular weight excluding hydrogens is 296 g/mol. The van der Waals surface area contributed by atoms with Crippen molar-refractivity contribution in [2.45, 2.75) is 46.6 Å². The van der Waals surface area contributed by atoms with Crippen LogP contribution in [0.1, 0.15) is 37.2 Å². The van der Waals surface area contributed by atoms with Crippen molar-refractivity contribution in [1.29, 1.82) is 0 Å². The van der Waals surface area contributed by atoms with Crippen LogP contribution in [0.15, 0.2) is 6.33 Å². The molecule has 0 atom stereocenters. The fraction of sp³-hybridized carbons (Fsp3) is 0.533. The van der Waals surface area contributed by atoms with Crippen molar-refractivity contribution in [3.8, 4) is 0 Å². The third kappa shape index (κ3) is 4.24. The van der Waals surface area contributed by atoms with Gasteiger partial charge in [0.05, 0.1) is 6.54 Å². The van der Waals surface area contributed by atoms with Gasteiger partial charge in [-0.15, -0.1) is 0 Å². The molecule has 0 aliphatic carbocycles. The normalized spacial score (nSPS) is 11.0. The van der Waals surface area contributed by atoms with Gasteiger partial charge < -0.3 is 10.6 Å². The summed E-state index contributed by atoms with van der Waals surface area (Å²) in [6.45, 7) is 7.57. The molecule has 0 unspecified atom stereocenters. The first-order valence-electron chi connectivity index (χ1n) is 7.60. The van der Waals surface area contributed by atoms with Crippen molar-refractivity contribution < 1.29 is 9.59 Å². The van der Waals surface area contributed by atoms with Crippen molar-refractivity contribution in [1.82, 2.24) is 30.2 Å². The molecular formula is C15H22N6O2. The molecule has 8 heteroatoms. The molecule has 2 aromatic heterocycles. The Morgan fingerprint density at radius 1 is 1.26 bits per heavy atom. The van der Waals surface area contributed by atoms with E-state index in [-0.39, 0.29) is 24.4 Å². The minimum atomic E-state index is -0.189. The molecule has 2 amide bonds. The van der Waals surface area contributed by atoms with Gasteiger partial charge in [0.2, 0.25) is 11.8 Å². The number of hydrogen-bond donors (Lipinski definition) is 2. The monoisotopic (exact) mass is 318 g/mol. The minimum absolute atomic E-state index is 0.00462. The summed E-state index contributed by atoms with van der Waals surface area (Å²) in [6, 6.07) is 0.0604. The highest BCUT2D eigenvalue weighted by Gasteiger charge is 2.13. The van der Waals surface area contributed by atoms with Gasteiger partial charge in [0.25, 0.3) is 5.78 Å². The van der Waals surface area contributed by atoms with E-state index in [9.17, 15) is 9.59 Å². The highest BCUT2D eigenvalue weighted by molar-refractivity contribution is 5.84. The number of aromatic nitrogens is 4. The standard InChI is InChI=1S/C15H22N6O2/c1-9(2)19-14(23)7-16-13(22)6-5-12-10(3)20-15-17-8-18-21(15)11(12)4/h8-9H,5-7H2,1-4H3,(H,16,22)(H,19,23). The first-order chi connectivity index (χ1) is 10.9. The van der Waals surface area contributed by atoms with E-state index in [2.05, 4.69) is 25.7 Å². The van der Waals surface area contributed by atoms with E-state index in [1.54, 1.807) is 4.52 Å². The van der Waals surface area contributed by atoms with Crippen LogP contribution in [0, 0.1) is 13.8 Å². The molecule has 2 N–H and O–H groups in total. The number of carbonyl (C=O) groups excluding carboxylic acids is 2. The van der Waals surface area contributed by atoms with Crippen molar-refractivity contribution in [3.63, 3.8) is 0 Å². The molecule has 8 nitrogen and oxygen atoms in total. The molecule has 2 aromatic rings. The molecule has 0 saturated heterocycles. The van der Waals surface area contributed by atoms with E-state index in [4.69, 9.17) is 0 Å². The lowest BCUT2D eigenvalue weighted by Gasteiger charge is -2.11. The Kier molecular flexibility index (Phi) is 5.25. The third-order valence-corrected chi connectivity index (χ3v) is 3.49. The van der Waals surface area contributed by atoms with Crippen LogP contribution in [0.3, 0.4) is 0 Å². The smallest absolute Gasteiger partial charge is 0.252 e. The number of amides is 2. The summed E-state index contributed by atoms with van der Waals surface area (Å²) >= 11 is 0. The Morgan fingerprint density at radius 3 is 2.70 bits per heavy atom. The summed E-state index contributed by atoms with van der Waals surface area (Å²) in [5.74, 6) is 0.200. The van der Waals surface area contributed by atoms with Gasteiger partial charge in [-0.05, 0) is 39.7 Å². The topological polar surface area (TPSA) is 101 Å².